The van der Waals surface area contributed by atoms with E-state index in [2.05, 4.69) is 25.6 Å². The van der Waals surface area contributed by atoms with Crippen LogP contribution in [0.4, 0.5) is 0 Å². The molecule has 0 aromatic rings. The summed E-state index contributed by atoms with van der Waals surface area (Å²) in [5, 5.41) is 0. The highest BCUT2D eigenvalue weighted by Crippen LogP contribution is 1.98. The molecular weight excluding hydrogens is 130 g/mol. The number of rotatable bonds is 1. The molecular formula is C7H16NS+. The Balaban J connectivity index is 2.23. The van der Waals surface area contributed by atoms with Crippen LogP contribution in [-0.2, 0) is 0 Å². The van der Waals surface area contributed by atoms with Gasteiger partial charge in [-0.1, -0.05) is 0 Å². The zero-order valence-corrected chi connectivity index (χ0v) is 7.13. The van der Waals surface area contributed by atoms with Crippen LogP contribution in [0.3, 0.4) is 0 Å². The van der Waals surface area contributed by atoms with Crippen LogP contribution in [0, 0.1) is 0 Å². The lowest BCUT2D eigenvalue weighted by molar-refractivity contribution is -0.917. The molecule has 0 aromatic carbocycles. The number of thioether (sulfide) groups is 1. The van der Waals surface area contributed by atoms with Crippen molar-refractivity contribution in [1.29, 1.82) is 0 Å². The van der Waals surface area contributed by atoms with Gasteiger partial charge < -0.3 is 4.90 Å². The third kappa shape index (κ3) is 2.18. The Kier molecular flexibility index (Phi) is 2.86. The van der Waals surface area contributed by atoms with E-state index < -0.39 is 0 Å². The second kappa shape index (κ2) is 3.47. The minimum Gasteiger partial charge on any atom is -0.332 e. The van der Waals surface area contributed by atoms with Crippen molar-refractivity contribution >= 4 is 11.8 Å². The Labute approximate surface area is 61.8 Å². The third-order valence-electron chi connectivity index (χ3n) is 1.95. The average Bonchev–Trinajstić information content (AvgIpc) is 1.90. The number of hydrogen-bond acceptors (Lipinski definition) is 1. The summed E-state index contributed by atoms with van der Waals surface area (Å²) >= 11 is 2.10. The fourth-order valence-electron chi connectivity index (χ4n) is 1.21. The molecule has 9 heavy (non-hydrogen) atoms. The van der Waals surface area contributed by atoms with E-state index in [0.717, 1.165) is 6.04 Å². The van der Waals surface area contributed by atoms with Crippen molar-refractivity contribution in [3.8, 4) is 0 Å². The van der Waals surface area contributed by atoms with Gasteiger partial charge in [-0.3, -0.25) is 0 Å². The van der Waals surface area contributed by atoms with Crippen LogP contribution in [-0.4, -0.2) is 30.6 Å². The standard InChI is InChI=1S/C7H15NS/c1-7(2)8-3-5-9-6-4-8/h7H,3-6H2,1-2H3/p+1. The Morgan fingerprint density at radius 2 is 1.78 bits per heavy atom. The highest BCUT2D eigenvalue weighted by atomic mass is 32.2. The van der Waals surface area contributed by atoms with Crippen LogP contribution in [0.25, 0.3) is 0 Å². The molecule has 1 saturated heterocycles. The Morgan fingerprint density at radius 1 is 1.22 bits per heavy atom. The Hall–Kier alpha value is 0.310. The summed E-state index contributed by atoms with van der Waals surface area (Å²) < 4.78 is 0. The summed E-state index contributed by atoms with van der Waals surface area (Å²) in [5.74, 6) is 2.74. The van der Waals surface area contributed by atoms with Crippen molar-refractivity contribution in [2.24, 2.45) is 0 Å². The molecule has 0 radical (unpaired) electrons. The van der Waals surface area contributed by atoms with Crippen LogP contribution in [0.2, 0.25) is 0 Å². The van der Waals surface area contributed by atoms with Crippen molar-refractivity contribution in [2.75, 3.05) is 24.6 Å². The van der Waals surface area contributed by atoms with Crippen molar-refractivity contribution in [2.45, 2.75) is 19.9 Å². The van der Waals surface area contributed by atoms with Gasteiger partial charge in [-0.15, -0.1) is 0 Å². The predicted molar refractivity (Wildman–Crippen MR) is 43.2 cm³/mol. The van der Waals surface area contributed by atoms with Crippen LogP contribution < -0.4 is 4.90 Å². The van der Waals surface area contributed by atoms with E-state index in [1.54, 1.807) is 4.90 Å². The van der Waals surface area contributed by atoms with Crippen molar-refractivity contribution in [3.05, 3.63) is 0 Å². The molecule has 0 unspecified atom stereocenters. The zero-order chi connectivity index (χ0) is 6.69. The molecule has 1 heterocycles. The second-order valence-electron chi connectivity index (χ2n) is 2.93. The molecule has 0 bridgehead atoms. The van der Waals surface area contributed by atoms with Crippen LogP contribution in [0.5, 0.6) is 0 Å². The van der Waals surface area contributed by atoms with Crippen LogP contribution in [0.1, 0.15) is 13.8 Å². The van der Waals surface area contributed by atoms with Gasteiger partial charge in [-0.25, -0.2) is 0 Å². The molecule has 0 spiro atoms. The van der Waals surface area contributed by atoms with E-state index >= 15 is 0 Å². The molecule has 54 valence electrons. The van der Waals surface area contributed by atoms with E-state index in [1.165, 1.54) is 24.6 Å². The van der Waals surface area contributed by atoms with Gasteiger partial charge in [-0.05, 0) is 13.8 Å². The first-order chi connectivity index (χ1) is 4.30. The number of quaternary nitrogens is 1. The minimum atomic E-state index is 0.839. The largest absolute Gasteiger partial charge is 0.332 e. The first-order valence-electron chi connectivity index (χ1n) is 3.73. The molecule has 2 heteroatoms. The average molecular weight is 146 g/mol. The van der Waals surface area contributed by atoms with Gasteiger partial charge in [0.05, 0.1) is 19.1 Å². The fraction of sp³-hybridized carbons (Fsp3) is 1.00. The molecule has 1 aliphatic heterocycles. The van der Waals surface area contributed by atoms with E-state index in [4.69, 9.17) is 0 Å². The summed E-state index contributed by atoms with van der Waals surface area (Å²) in [4.78, 5) is 1.79. The summed E-state index contributed by atoms with van der Waals surface area (Å²) in [6.45, 7) is 7.38. The first-order valence-corrected chi connectivity index (χ1v) is 4.88. The molecule has 1 nitrogen and oxygen atoms in total. The topological polar surface area (TPSA) is 4.44 Å². The quantitative estimate of drug-likeness (QED) is 0.547. The molecule has 0 saturated carbocycles. The van der Waals surface area contributed by atoms with Gasteiger partial charge in [0.25, 0.3) is 0 Å². The second-order valence-corrected chi connectivity index (χ2v) is 4.15. The first kappa shape index (κ1) is 7.42. The van der Waals surface area contributed by atoms with Crippen LogP contribution in [0.15, 0.2) is 0 Å². The summed E-state index contributed by atoms with van der Waals surface area (Å²) in [6, 6.07) is 0.839. The Bertz CT molecular complexity index is 77.0. The fourth-order valence-corrected chi connectivity index (χ4v) is 2.23. The highest BCUT2D eigenvalue weighted by molar-refractivity contribution is 7.99. The highest BCUT2D eigenvalue weighted by Gasteiger charge is 2.15. The molecule has 1 N–H and O–H groups in total. The van der Waals surface area contributed by atoms with Gasteiger partial charge in [0, 0.05) is 11.5 Å². The maximum absolute atomic E-state index is 2.31. The SMILES string of the molecule is CC(C)[NH+]1CCSCC1. The zero-order valence-electron chi connectivity index (χ0n) is 6.31. The molecule has 1 fully saturated rings. The number of nitrogens with one attached hydrogen (secondary N) is 1. The van der Waals surface area contributed by atoms with Crippen LogP contribution >= 0.6 is 11.8 Å². The maximum Gasteiger partial charge on any atom is 0.0865 e. The lowest BCUT2D eigenvalue weighted by atomic mass is 10.3. The van der Waals surface area contributed by atoms with E-state index in [9.17, 15) is 0 Å². The lowest BCUT2D eigenvalue weighted by Gasteiger charge is -2.26. The summed E-state index contributed by atoms with van der Waals surface area (Å²) in [7, 11) is 0. The molecule has 0 aromatic heterocycles. The predicted octanol–water partition coefficient (Wildman–Crippen LogP) is 0.0265. The molecule has 0 aliphatic carbocycles. The van der Waals surface area contributed by atoms with Crippen molar-refractivity contribution in [3.63, 3.8) is 0 Å². The van der Waals surface area contributed by atoms with Crippen molar-refractivity contribution in [1.82, 2.24) is 0 Å². The molecule has 1 rings (SSSR count). The normalized spacial score (nSPS) is 23.0. The van der Waals surface area contributed by atoms with Crippen molar-refractivity contribution < 1.29 is 4.90 Å². The van der Waals surface area contributed by atoms with E-state index in [0.29, 0.717) is 0 Å². The third-order valence-corrected chi connectivity index (χ3v) is 2.94. The lowest BCUT2D eigenvalue weighted by Crippen LogP contribution is -3.16. The Morgan fingerprint density at radius 3 is 2.11 bits per heavy atom. The van der Waals surface area contributed by atoms with Gasteiger partial charge in [0.1, 0.15) is 0 Å². The van der Waals surface area contributed by atoms with Gasteiger partial charge in [0.2, 0.25) is 0 Å². The molecule has 1 aliphatic rings. The molecule has 0 amide bonds. The summed E-state index contributed by atoms with van der Waals surface area (Å²) in [6.07, 6.45) is 0. The van der Waals surface area contributed by atoms with Gasteiger partial charge in [0.15, 0.2) is 0 Å². The van der Waals surface area contributed by atoms with E-state index in [1.807, 2.05) is 0 Å². The summed E-state index contributed by atoms with van der Waals surface area (Å²) in [5.41, 5.74) is 0. The molecule has 0 atom stereocenters. The minimum absolute atomic E-state index is 0.839. The van der Waals surface area contributed by atoms with Gasteiger partial charge in [-0.2, -0.15) is 11.8 Å². The van der Waals surface area contributed by atoms with Gasteiger partial charge >= 0.3 is 0 Å². The monoisotopic (exact) mass is 146 g/mol. The van der Waals surface area contributed by atoms with E-state index in [-0.39, 0.29) is 0 Å². The maximum atomic E-state index is 2.31. The number of hydrogen-bond donors (Lipinski definition) is 1. The smallest absolute Gasteiger partial charge is 0.0865 e.